The van der Waals surface area contributed by atoms with Crippen LogP contribution < -0.4 is 10.1 Å². The molecule has 0 atom stereocenters. The van der Waals surface area contributed by atoms with Crippen LogP contribution in [0.3, 0.4) is 0 Å². The molecule has 2 heterocycles. The van der Waals surface area contributed by atoms with Gasteiger partial charge in [0, 0.05) is 18.8 Å². The van der Waals surface area contributed by atoms with Crippen molar-refractivity contribution in [1.82, 2.24) is 25.3 Å². The van der Waals surface area contributed by atoms with E-state index in [1.807, 2.05) is 0 Å². The highest BCUT2D eigenvalue weighted by molar-refractivity contribution is 5.97. The highest BCUT2D eigenvalue weighted by atomic mass is 19.4. The molecule has 0 bridgehead atoms. The van der Waals surface area contributed by atoms with Gasteiger partial charge in [0.2, 0.25) is 5.69 Å². The SMILES string of the molecule is COc1n[nH]c(C(=O)NCCCn2nc(C(F)(F)F)cc2C)c1[N+](=O)[O-]. The van der Waals surface area contributed by atoms with Crippen molar-refractivity contribution in [3.05, 3.63) is 33.3 Å². The van der Waals surface area contributed by atoms with E-state index in [1.165, 1.54) is 18.7 Å². The molecule has 2 rings (SSSR count). The van der Waals surface area contributed by atoms with Crippen molar-refractivity contribution in [3.8, 4) is 5.88 Å². The Morgan fingerprint density at radius 3 is 2.73 bits per heavy atom. The third-order valence-electron chi connectivity index (χ3n) is 3.42. The van der Waals surface area contributed by atoms with Gasteiger partial charge in [-0.15, -0.1) is 5.10 Å². The number of carbonyl (C=O) groups excluding carboxylic acids is 1. The van der Waals surface area contributed by atoms with Crippen LogP contribution in [0.1, 0.15) is 28.3 Å². The molecule has 2 N–H and O–H groups in total. The Morgan fingerprint density at radius 2 is 2.19 bits per heavy atom. The number of ether oxygens (including phenoxy) is 1. The van der Waals surface area contributed by atoms with Crippen molar-refractivity contribution >= 4 is 11.6 Å². The maximum atomic E-state index is 12.6. The summed E-state index contributed by atoms with van der Waals surface area (Å²) in [5, 5.41) is 22.6. The number of nitro groups is 1. The second kappa shape index (κ2) is 7.41. The summed E-state index contributed by atoms with van der Waals surface area (Å²) in [6.45, 7) is 1.69. The van der Waals surface area contributed by atoms with E-state index < -0.39 is 28.4 Å². The minimum atomic E-state index is -4.52. The predicted octanol–water partition coefficient (Wildman–Crippen LogP) is 1.67. The van der Waals surface area contributed by atoms with E-state index in [-0.39, 0.29) is 31.1 Å². The number of methoxy groups -OCH3 is 1. The summed E-state index contributed by atoms with van der Waals surface area (Å²) < 4.78 is 43.6. The van der Waals surface area contributed by atoms with Crippen LogP contribution in [0.2, 0.25) is 0 Å². The number of aromatic amines is 1. The minimum Gasteiger partial charge on any atom is -0.475 e. The molecule has 142 valence electrons. The Balaban J connectivity index is 1.93. The monoisotopic (exact) mass is 376 g/mol. The smallest absolute Gasteiger partial charge is 0.435 e. The van der Waals surface area contributed by atoms with Crippen molar-refractivity contribution in [3.63, 3.8) is 0 Å². The molecule has 0 aliphatic carbocycles. The average Bonchev–Trinajstić information content (AvgIpc) is 3.14. The Bertz CT molecular complexity index is 813. The van der Waals surface area contributed by atoms with Crippen LogP contribution >= 0.6 is 0 Å². The van der Waals surface area contributed by atoms with Crippen LogP contribution in [0.5, 0.6) is 5.88 Å². The molecule has 13 heteroatoms. The van der Waals surface area contributed by atoms with Gasteiger partial charge in [-0.25, -0.2) is 0 Å². The van der Waals surface area contributed by atoms with Gasteiger partial charge in [-0.3, -0.25) is 24.7 Å². The summed E-state index contributed by atoms with van der Waals surface area (Å²) >= 11 is 0. The predicted molar refractivity (Wildman–Crippen MR) is 80.7 cm³/mol. The fourth-order valence-electron chi connectivity index (χ4n) is 2.18. The number of aryl methyl sites for hydroxylation is 2. The number of hydrogen-bond acceptors (Lipinski definition) is 6. The molecule has 2 aromatic heterocycles. The van der Waals surface area contributed by atoms with Gasteiger partial charge in [0.05, 0.1) is 12.0 Å². The number of rotatable bonds is 7. The van der Waals surface area contributed by atoms with Gasteiger partial charge >= 0.3 is 17.7 Å². The van der Waals surface area contributed by atoms with Crippen LogP contribution in [0, 0.1) is 17.0 Å². The number of aromatic nitrogens is 4. The lowest BCUT2D eigenvalue weighted by molar-refractivity contribution is -0.386. The van der Waals surface area contributed by atoms with Gasteiger partial charge in [-0.1, -0.05) is 0 Å². The molecule has 0 aliphatic heterocycles. The fraction of sp³-hybridized carbons (Fsp3) is 0.462. The fourth-order valence-corrected chi connectivity index (χ4v) is 2.18. The first-order valence-electron chi connectivity index (χ1n) is 7.31. The molecule has 0 fully saturated rings. The molecule has 1 amide bonds. The standard InChI is InChI=1S/C13H15F3N6O4/c1-7-6-8(13(14,15)16)20-21(7)5-3-4-17-11(23)9-10(22(24)25)12(26-2)19-18-9/h6H,3-5H2,1-2H3,(H,17,23)(H,18,19). The van der Waals surface area contributed by atoms with Gasteiger partial charge in [0.25, 0.3) is 5.91 Å². The number of H-pyrrole nitrogens is 1. The molecule has 0 unspecified atom stereocenters. The van der Waals surface area contributed by atoms with Crippen LogP contribution in [0.15, 0.2) is 6.07 Å². The molecule has 0 aliphatic rings. The number of amides is 1. The maximum Gasteiger partial charge on any atom is 0.435 e. The molecule has 0 saturated heterocycles. The van der Waals surface area contributed by atoms with Gasteiger partial charge < -0.3 is 10.1 Å². The molecular formula is C13H15F3N6O4. The summed E-state index contributed by atoms with van der Waals surface area (Å²) in [5.41, 5.74) is -1.62. The third kappa shape index (κ3) is 4.10. The number of hydrogen-bond donors (Lipinski definition) is 2. The summed E-state index contributed by atoms with van der Waals surface area (Å²) in [7, 11) is 1.17. The van der Waals surface area contributed by atoms with E-state index in [0.29, 0.717) is 5.69 Å². The molecule has 2 aromatic rings. The zero-order valence-corrected chi connectivity index (χ0v) is 13.8. The van der Waals surface area contributed by atoms with E-state index in [1.54, 1.807) is 0 Å². The van der Waals surface area contributed by atoms with E-state index in [4.69, 9.17) is 4.74 Å². The lowest BCUT2D eigenvalue weighted by atomic mass is 10.3. The Kier molecular flexibility index (Phi) is 5.47. The van der Waals surface area contributed by atoms with Crippen molar-refractivity contribution in [2.24, 2.45) is 0 Å². The molecule has 26 heavy (non-hydrogen) atoms. The first-order chi connectivity index (χ1) is 12.1. The molecule has 0 spiro atoms. The van der Waals surface area contributed by atoms with Gasteiger partial charge in [0.1, 0.15) is 0 Å². The summed E-state index contributed by atoms with van der Waals surface area (Å²) in [6.07, 6.45) is -4.26. The number of carbonyl (C=O) groups is 1. The van der Waals surface area contributed by atoms with Crippen LogP contribution in [0.4, 0.5) is 18.9 Å². The Hall–Kier alpha value is -3.12. The van der Waals surface area contributed by atoms with E-state index in [0.717, 1.165) is 6.07 Å². The number of halogens is 3. The van der Waals surface area contributed by atoms with Crippen molar-refractivity contribution in [2.75, 3.05) is 13.7 Å². The molecule has 0 saturated carbocycles. The first-order valence-corrected chi connectivity index (χ1v) is 7.31. The maximum absolute atomic E-state index is 12.6. The highest BCUT2D eigenvalue weighted by Gasteiger charge is 2.34. The highest BCUT2D eigenvalue weighted by Crippen LogP contribution is 2.29. The van der Waals surface area contributed by atoms with Crippen LogP contribution in [0.25, 0.3) is 0 Å². The number of nitrogens with zero attached hydrogens (tertiary/aromatic N) is 4. The van der Waals surface area contributed by atoms with Gasteiger partial charge in [0.15, 0.2) is 5.69 Å². The van der Waals surface area contributed by atoms with Crippen molar-refractivity contribution in [2.45, 2.75) is 26.1 Å². The Morgan fingerprint density at radius 1 is 1.50 bits per heavy atom. The topological polar surface area (TPSA) is 128 Å². The lowest BCUT2D eigenvalue weighted by Crippen LogP contribution is -2.26. The minimum absolute atomic E-state index is 0.0674. The number of alkyl halides is 3. The summed E-state index contributed by atoms with van der Waals surface area (Å²) in [6, 6.07) is 0.929. The van der Waals surface area contributed by atoms with Crippen LogP contribution in [-0.2, 0) is 12.7 Å². The zero-order chi connectivity index (χ0) is 19.5. The second-order valence-electron chi connectivity index (χ2n) is 5.21. The third-order valence-corrected chi connectivity index (χ3v) is 3.42. The largest absolute Gasteiger partial charge is 0.475 e. The molecular weight excluding hydrogens is 361 g/mol. The quantitative estimate of drug-likeness (QED) is 0.430. The molecule has 0 radical (unpaired) electrons. The van der Waals surface area contributed by atoms with Crippen LogP contribution in [-0.4, -0.2) is 44.5 Å². The number of nitrogens with one attached hydrogen (secondary N) is 2. The van der Waals surface area contributed by atoms with E-state index in [2.05, 4.69) is 20.6 Å². The average molecular weight is 376 g/mol. The normalized spacial score (nSPS) is 11.4. The first kappa shape index (κ1) is 19.2. The summed E-state index contributed by atoms with van der Waals surface area (Å²) in [5.74, 6) is -1.10. The zero-order valence-electron chi connectivity index (χ0n) is 13.8. The second-order valence-corrected chi connectivity index (χ2v) is 5.21. The molecule has 10 nitrogen and oxygen atoms in total. The Labute approximate surface area is 144 Å². The lowest BCUT2D eigenvalue weighted by Gasteiger charge is -2.06. The molecule has 0 aromatic carbocycles. The van der Waals surface area contributed by atoms with Gasteiger partial charge in [-0.2, -0.15) is 18.3 Å². The van der Waals surface area contributed by atoms with E-state index >= 15 is 0 Å². The summed E-state index contributed by atoms with van der Waals surface area (Å²) in [4.78, 5) is 22.2. The van der Waals surface area contributed by atoms with Crippen molar-refractivity contribution < 1.29 is 27.6 Å². The van der Waals surface area contributed by atoms with E-state index in [9.17, 15) is 28.1 Å². The van der Waals surface area contributed by atoms with Gasteiger partial charge in [-0.05, 0) is 19.4 Å². The van der Waals surface area contributed by atoms with Crippen molar-refractivity contribution in [1.29, 1.82) is 0 Å².